The number of nitrogens with two attached hydrogens (primary N) is 1. The standard InChI is InChI=1S/C12H19F3N4/c1-7(11(2,3)4)19(5)9-6-8(16)17-10(18-9)12(13,14)15/h6-7H,1-5H3,(H2,16,17,18). The van der Waals surface area contributed by atoms with E-state index in [0.717, 1.165) is 0 Å². The summed E-state index contributed by atoms with van der Waals surface area (Å²) < 4.78 is 37.9. The van der Waals surface area contributed by atoms with Gasteiger partial charge in [-0.05, 0) is 12.3 Å². The Bertz CT molecular complexity index is 451. The first kappa shape index (κ1) is 15.5. The van der Waals surface area contributed by atoms with E-state index in [2.05, 4.69) is 9.97 Å². The Balaban J connectivity index is 3.18. The molecule has 0 radical (unpaired) electrons. The zero-order chi connectivity index (χ0) is 15.0. The number of nitrogens with zero attached hydrogens (tertiary/aromatic N) is 3. The number of rotatable bonds is 2. The molecule has 0 amide bonds. The molecule has 0 aromatic carbocycles. The van der Waals surface area contributed by atoms with Crippen LogP contribution in [-0.2, 0) is 6.18 Å². The third kappa shape index (κ3) is 3.71. The van der Waals surface area contributed by atoms with Crippen molar-refractivity contribution in [1.29, 1.82) is 0 Å². The van der Waals surface area contributed by atoms with Gasteiger partial charge in [-0.25, -0.2) is 9.97 Å². The molecule has 1 unspecified atom stereocenters. The minimum atomic E-state index is -4.60. The maximum atomic E-state index is 12.6. The van der Waals surface area contributed by atoms with Crippen LogP contribution in [0.4, 0.5) is 24.8 Å². The smallest absolute Gasteiger partial charge is 0.384 e. The predicted octanol–water partition coefficient (Wildman–Crippen LogP) is 2.95. The molecule has 0 saturated heterocycles. The fourth-order valence-corrected chi connectivity index (χ4v) is 1.54. The van der Waals surface area contributed by atoms with Crippen LogP contribution in [-0.4, -0.2) is 23.1 Å². The number of nitrogen functional groups attached to an aromatic ring is 1. The van der Waals surface area contributed by atoms with Gasteiger partial charge < -0.3 is 10.6 Å². The molecular weight excluding hydrogens is 257 g/mol. The van der Waals surface area contributed by atoms with Gasteiger partial charge >= 0.3 is 6.18 Å². The molecule has 0 aliphatic carbocycles. The monoisotopic (exact) mass is 276 g/mol. The van der Waals surface area contributed by atoms with Crippen LogP contribution in [0.5, 0.6) is 0 Å². The molecule has 0 saturated carbocycles. The highest BCUT2D eigenvalue weighted by molar-refractivity contribution is 5.47. The highest BCUT2D eigenvalue weighted by atomic mass is 19.4. The van der Waals surface area contributed by atoms with Crippen LogP contribution in [0.3, 0.4) is 0 Å². The van der Waals surface area contributed by atoms with Crippen molar-refractivity contribution in [3.8, 4) is 0 Å². The van der Waals surface area contributed by atoms with Crippen molar-refractivity contribution in [2.75, 3.05) is 17.7 Å². The predicted molar refractivity (Wildman–Crippen MR) is 68.8 cm³/mol. The van der Waals surface area contributed by atoms with E-state index in [-0.39, 0.29) is 23.1 Å². The molecular formula is C12H19F3N4. The summed E-state index contributed by atoms with van der Waals surface area (Å²) in [5.41, 5.74) is 5.32. The Hall–Kier alpha value is -1.53. The molecule has 0 bridgehead atoms. The SMILES string of the molecule is CC(N(C)c1cc(N)nc(C(F)(F)F)n1)C(C)(C)C. The number of anilines is 2. The van der Waals surface area contributed by atoms with E-state index in [0.29, 0.717) is 0 Å². The van der Waals surface area contributed by atoms with E-state index in [9.17, 15) is 13.2 Å². The van der Waals surface area contributed by atoms with E-state index >= 15 is 0 Å². The largest absolute Gasteiger partial charge is 0.451 e. The van der Waals surface area contributed by atoms with Gasteiger partial charge in [0.05, 0.1) is 0 Å². The summed E-state index contributed by atoms with van der Waals surface area (Å²) in [5, 5.41) is 0. The molecule has 0 spiro atoms. The summed E-state index contributed by atoms with van der Waals surface area (Å²) >= 11 is 0. The second-order valence-corrected chi connectivity index (χ2v) is 5.63. The Kier molecular flexibility index (Phi) is 3.97. The Labute approximate surface area is 110 Å². The van der Waals surface area contributed by atoms with E-state index in [4.69, 9.17) is 5.73 Å². The van der Waals surface area contributed by atoms with Gasteiger partial charge in [0.1, 0.15) is 11.6 Å². The minimum Gasteiger partial charge on any atom is -0.384 e. The maximum absolute atomic E-state index is 12.6. The molecule has 4 nitrogen and oxygen atoms in total. The van der Waals surface area contributed by atoms with Crippen molar-refractivity contribution in [2.45, 2.75) is 39.9 Å². The Morgan fingerprint density at radius 3 is 2.16 bits per heavy atom. The van der Waals surface area contributed by atoms with Crippen LogP contribution in [0.25, 0.3) is 0 Å². The average Bonchev–Trinajstić information content (AvgIpc) is 2.23. The minimum absolute atomic E-state index is 0.0112. The molecule has 1 rings (SSSR count). The van der Waals surface area contributed by atoms with Crippen LogP contribution < -0.4 is 10.6 Å². The first-order valence-corrected chi connectivity index (χ1v) is 5.87. The lowest BCUT2D eigenvalue weighted by atomic mass is 9.87. The molecule has 0 aliphatic heterocycles. The molecule has 1 aromatic heterocycles. The summed E-state index contributed by atoms with van der Waals surface area (Å²) in [4.78, 5) is 8.45. The van der Waals surface area contributed by atoms with Gasteiger partial charge in [0.2, 0.25) is 5.82 Å². The topological polar surface area (TPSA) is 55.0 Å². The maximum Gasteiger partial charge on any atom is 0.451 e. The van der Waals surface area contributed by atoms with E-state index in [1.54, 1.807) is 11.9 Å². The molecule has 1 atom stereocenters. The zero-order valence-corrected chi connectivity index (χ0v) is 11.7. The van der Waals surface area contributed by atoms with Crippen molar-refractivity contribution in [3.05, 3.63) is 11.9 Å². The van der Waals surface area contributed by atoms with Crippen LogP contribution in [0, 0.1) is 5.41 Å². The highest BCUT2D eigenvalue weighted by Crippen LogP contribution is 2.31. The van der Waals surface area contributed by atoms with Gasteiger partial charge in [-0.2, -0.15) is 13.2 Å². The number of aromatic nitrogens is 2. The summed E-state index contributed by atoms with van der Waals surface area (Å²) in [6.07, 6.45) is -4.60. The fraction of sp³-hybridized carbons (Fsp3) is 0.667. The molecule has 19 heavy (non-hydrogen) atoms. The number of alkyl halides is 3. The third-order valence-corrected chi connectivity index (χ3v) is 3.18. The highest BCUT2D eigenvalue weighted by Gasteiger charge is 2.36. The summed E-state index contributed by atoms with van der Waals surface area (Å²) in [5.74, 6) is -1.23. The molecule has 1 heterocycles. The van der Waals surface area contributed by atoms with Crippen molar-refractivity contribution in [3.63, 3.8) is 0 Å². The van der Waals surface area contributed by atoms with Gasteiger partial charge in [0, 0.05) is 19.2 Å². The van der Waals surface area contributed by atoms with Crippen LogP contribution in [0.1, 0.15) is 33.5 Å². The van der Waals surface area contributed by atoms with Crippen molar-refractivity contribution in [2.24, 2.45) is 5.41 Å². The summed E-state index contributed by atoms with van der Waals surface area (Å²) in [6, 6.07) is 1.33. The van der Waals surface area contributed by atoms with Gasteiger partial charge in [-0.15, -0.1) is 0 Å². The average molecular weight is 276 g/mol. The summed E-state index contributed by atoms with van der Waals surface area (Å²) in [6.45, 7) is 7.93. The first-order valence-electron chi connectivity index (χ1n) is 5.87. The number of halogens is 3. The zero-order valence-electron chi connectivity index (χ0n) is 11.7. The van der Waals surface area contributed by atoms with Crippen molar-refractivity contribution in [1.82, 2.24) is 9.97 Å². The second-order valence-electron chi connectivity index (χ2n) is 5.63. The fourth-order valence-electron chi connectivity index (χ4n) is 1.54. The van der Waals surface area contributed by atoms with Gasteiger partial charge in [-0.3, -0.25) is 0 Å². The number of hydrogen-bond donors (Lipinski definition) is 1. The molecule has 0 aliphatic rings. The molecule has 0 fully saturated rings. The molecule has 1 aromatic rings. The van der Waals surface area contributed by atoms with Crippen molar-refractivity contribution < 1.29 is 13.2 Å². The Morgan fingerprint density at radius 2 is 1.74 bits per heavy atom. The third-order valence-electron chi connectivity index (χ3n) is 3.18. The lowest BCUT2D eigenvalue weighted by Gasteiger charge is -2.36. The molecule has 7 heteroatoms. The Morgan fingerprint density at radius 1 is 1.21 bits per heavy atom. The van der Waals surface area contributed by atoms with Crippen LogP contribution in [0.2, 0.25) is 0 Å². The van der Waals surface area contributed by atoms with Crippen LogP contribution >= 0.6 is 0 Å². The quantitative estimate of drug-likeness (QED) is 0.902. The summed E-state index contributed by atoms with van der Waals surface area (Å²) in [7, 11) is 1.69. The van der Waals surface area contributed by atoms with Gasteiger partial charge in [0.25, 0.3) is 0 Å². The second kappa shape index (κ2) is 4.86. The van der Waals surface area contributed by atoms with Gasteiger partial charge in [-0.1, -0.05) is 20.8 Å². The van der Waals surface area contributed by atoms with E-state index < -0.39 is 12.0 Å². The lowest BCUT2D eigenvalue weighted by molar-refractivity contribution is -0.144. The lowest BCUT2D eigenvalue weighted by Crippen LogP contribution is -2.40. The number of hydrogen-bond acceptors (Lipinski definition) is 4. The normalized spacial score (nSPS) is 14.3. The first-order chi connectivity index (χ1) is 8.43. The van der Waals surface area contributed by atoms with Crippen LogP contribution in [0.15, 0.2) is 6.07 Å². The molecule has 108 valence electrons. The van der Waals surface area contributed by atoms with E-state index in [1.165, 1.54) is 6.07 Å². The van der Waals surface area contributed by atoms with E-state index in [1.807, 2.05) is 27.7 Å². The van der Waals surface area contributed by atoms with Gasteiger partial charge in [0.15, 0.2) is 0 Å². The van der Waals surface area contributed by atoms with Crippen molar-refractivity contribution >= 4 is 11.6 Å². The molecule has 2 N–H and O–H groups in total.